The molecule has 0 saturated carbocycles. The van der Waals surface area contributed by atoms with Gasteiger partial charge in [-0.1, -0.05) is 13.8 Å². The lowest BCUT2D eigenvalue weighted by Gasteiger charge is -2.40. The van der Waals surface area contributed by atoms with Crippen molar-refractivity contribution >= 4 is 5.91 Å². The van der Waals surface area contributed by atoms with Gasteiger partial charge in [0.25, 0.3) is 0 Å². The van der Waals surface area contributed by atoms with Crippen molar-refractivity contribution in [1.29, 1.82) is 0 Å². The number of aliphatic hydroxyl groups is 2. The Hall–Kier alpha value is -1.75. The number of carbonyl (C=O) groups is 1. The zero-order chi connectivity index (χ0) is 24.8. The van der Waals surface area contributed by atoms with Gasteiger partial charge in [0.1, 0.15) is 18.0 Å². The number of rotatable bonds is 9. The average Bonchev–Trinajstić information content (AvgIpc) is 2.98. The van der Waals surface area contributed by atoms with Gasteiger partial charge in [-0.05, 0) is 63.8 Å². The highest BCUT2D eigenvalue weighted by Gasteiger charge is 2.41. The molecule has 10 heteroatoms. The standard InChI is InChI=1S/C24H39FN2O7/c1-14(2)20(22-21(29)18(28)9-12-32-22)26-23(30)17-7-6-16(5-4-10-25)8-11-27(17)13-19-15(3)33-24(31)34-19/h14,16-18,20-22,28-29H,4-13H2,1-3H3,(H,26,30)/t16-,17-,18+,20+,21+,22+/m0/s1. The molecule has 2 aliphatic heterocycles. The lowest BCUT2D eigenvalue weighted by molar-refractivity contribution is -0.155. The Balaban J connectivity index is 1.78. The smallest absolute Gasteiger partial charge is 0.396 e. The molecule has 3 rings (SSSR count). The summed E-state index contributed by atoms with van der Waals surface area (Å²) in [6.07, 6.45) is 1.12. The van der Waals surface area contributed by atoms with E-state index in [1.807, 2.05) is 18.7 Å². The number of hydrogen-bond acceptors (Lipinski definition) is 8. The zero-order valence-corrected chi connectivity index (χ0v) is 20.4. The molecule has 0 unspecified atom stereocenters. The van der Waals surface area contributed by atoms with E-state index >= 15 is 0 Å². The van der Waals surface area contributed by atoms with E-state index in [-0.39, 0.29) is 25.0 Å². The third kappa shape index (κ3) is 6.68. The van der Waals surface area contributed by atoms with Gasteiger partial charge in [0.05, 0.1) is 31.4 Å². The number of likely N-dealkylation sites (tertiary alicyclic amines) is 1. The second kappa shape index (κ2) is 12.3. The summed E-state index contributed by atoms with van der Waals surface area (Å²) in [4.78, 5) is 27.1. The summed E-state index contributed by atoms with van der Waals surface area (Å²) >= 11 is 0. The number of aryl methyl sites for hydroxylation is 1. The summed E-state index contributed by atoms with van der Waals surface area (Å²) in [6.45, 7) is 6.32. The van der Waals surface area contributed by atoms with E-state index < -0.39 is 36.2 Å². The quantitative estimate of drug-likeness (QED) is 0.483. The van der Waals surface area contributed by atoms with Crippen molar-refractivity contribution in [3.05, 3.63) is 22.1 Å². The summed E-state index contributed by atoms with van der Waals surface area (Å²) in [5.74, 6) is 0.0672. The lowest BCUT2D eigenvalue weighted by atomic mass is 9.89. The van der Waals surface area contributed by atoms with Gasteiger partial charge in [-0.2, -0.15) is 0 Å². The van der Waals surface area contributed by atoms with Crippen LogP contribution in [-0.4, -0.2) is 71.2 Å². The van der Waals surface area contributed by atoms with Crippen molar-refractivity contribution in [3.63, 3.8) is 0 Å². The summed E-state index contributed by atoms with van der Waals surface area (Å²) in [5.41, 5.74) is 0. The van der Waals surface area contributed by atoms with Crippen LogP contribution >= 0.6 is 0 Å². The summed E-state index contributed by atoms with van der Waals surface area (Å²) in [6, 6.07) is -0.986. The molecule has 2 aliphatic rings. The average molecular weight is 487 g/mol. The zero-order valence-electron chi connectivity index (χ0n) is 20.4. The minimum atomic E-state index is -1.08. The number of carbonyl (C=O) groups excluding carboxylic acids is 1. The SMILES string of the molecule is Cc1oc(=O)oc1CN1CC[C@@H](CCCF)CC[C@H]1C(=O)N[C@H](C(C)C)[C@H]1OCC[C@@H](O)[C@H]1O. The first-order chi connectivity index (χ1) is 16.2. The van der Waals surface area contributed by atoms with Gasteiger partial charge in [-0.3, -0.25) is 14.1 Å². The Labute approximate surface area is 199 Å². The van der Waals surface area contributed by atoms with Gasteiger partial charge in [-0.15, -0.1) is 0 Å². The highest BCUT2D eigenvalue weighted by atomic mass is 19.1. The van der Waals surface area contributed by atoms with Crippen molar-refractivity contribution in [2.45, 2.75) is 96.2 Å². The molecule has 3 heterocycles. The molecule has 3 N–H and O–H groups in total. The van der Waals surface area contributed by atoms with Crippen LogP contribution in [0.15, 0.2) is 13.6 Å². The number of nitrogens with one attached hydrogen (secondary N) is 1. The van der Waals surface area contributed by atoms with Crippen molar-refractivity contribution in [2.75, 3.05) is 19.8 Å². The van der Waals surface area contributed by atoms with Crippen LogP contribution in [0.3, 0.4) is 0 Å². The summed E-state index contributed by atoms with van der Waals surface area (Å²) in [7, 11) is 0. The van der Waals surface area contributed by atoms with E-state index in [1.54, 1.807) is 6.92 Å². The minimum Gasteiger partial charge on any atom is -0.396 e. The molecule has 0 spiro atoms. The first-order valence-corrected chi connectivity index (χ1v) is 12.4. The van der Waals surface area contributed by atoms with Crippen molar-refractivity contribution in [2.24, 2.45) is 11.8 Å². The first kappa shape index (κ1) is 26.8. The van der Waals surface area contributed by atoms with Crippen molar-refractivity contribution in [3.8, 4) is 0 Å². The molecule has 2 fully saturated rings. The molecule has 34 heavy (non-hydrogen) atoms. The highest BCUT2D eigenvalue weighted by Crippen LogP contribution is 2.28. The predicted octanol–water partition coefficient (Wildman–Crippen LogP) is 1.91. The largest absolute Gasteiger partial charge is 0.519 e. The normalized spacial score (nSPS) is 29.7. The predicted molar refractivity (Wildman–Crippen MR) is 122 cm³/mol. The van der Waals surface area contributed by atoms with Gasteiger partial charge in [0.15, 0.2) is 5.76 Å². The van der Waals surface area contributed by atoms with E-state index in [9.17, 15) is 24.2 Å². The number of alkyl halides is 1. The van der Waals surface area contributed by atoms with E-state index in [1.165, 1.54) is 0 Å². The molecular formula is C24H39FN2O7. The highest BCUT2D eigenvalue weighted by molar-refractivity contribution is 5.82. The van der Waals surface area contributed by atoms with Crippen LogP contribution in [0.5, 0.6) is 0 Å². The molecule has 194 valence electrons. The number of amides is 1. The molecule has 0 aliphatic carbocycles. The molecule has 2 saturated heterocycles. The van der Waals surface area contributed by atoms with Crippen LogP contribution in [0.2, 0.25) is 0 Å². The Morgan fingerprint density at radius 3 is 2.62 bits per heavy atom. The molecule has 9 nitrogen and oxygen atoms in total. The van der Waals surface area contributed by atoms with Crippen LogP contribution in [0.1, 0.15) is 63.9 Å². The number of hydrogen-bond donors (Lipinski definition) is 3. The van der Waals surface area contributed by atoms with Gasteiger partial charge < -0.3 is 29.1 Å². The number of aliphatic hydroxyl groups excluding tert-OH is 2. The number of halogens is 1. The van der Waals surface area contributed by atoms with E-state index in [4.69, 9.17) is 13.6 Å². The van der Waals surface area contributed by atoms with Crippen LogP contribution < -0.4 is 11.1 Å². The van der Waals surface area contributed by atoms with Crippen molar-refractivity contribution in [1.82, 2.24) is 10.2 Å². The van der Waals surface area contributed by atoms with Gasteiger partial charge in [0.2, 0.25) is 5.91 Å². The van der Waals surface area contributed by atoms with Crippen LogP contribution in [-0.2, 0) is 16.1 Å². The van der Waals surface area contributed by atoms with E-state index in [0.29, 0.717) is 49.9 Å². The van der Waals surface area contributed by atoms with Crippen molar-refractivity contribution < 1.29 is 33.0 Å². The Morgan fingerprint density at radius 2 is 1.97 bits per heavy atom. The maximum atomic E-state index is 13.6. The van der Waals surface area contributed by atoms with Gasteiger partial charge in [-0.25, -0.2) is 4.79 Å². The molecule has 0 aromatic carbocycles. The fourth-order valence-electron chi connectivity index (χ4n) is 5.09. The Kier molecular flexibility index (Phi) is 9.70. The fraction of sp³-hybridized carbons (Fsp3) is 0.833. The third-order valence-electron chi connectivity index (χ3n) is 7.18. The summed E-state index contributed by atoms with van der Waals surface area (Å²) in [5, 5.41) is 23.7. The minimum absolute atomic E-state index is 0.0421. The topological polar surface area (TPSA) is 125 Å². The van der Waals surface area contributed by atoms with Crippen LogP contribution in [0.25, 0.3) is 0 Å². The molecular weight excluding hydrogens is 447 g/mol. The number of nitrogens with zero attached hydrogens (tertiary/aromatic N) is 1. The van der Waals surface area contributed by atoms with E-state index in [2.05, 4.69) is 5.32 Å². The molecule has 0 bridgehead atoms. The van der Waals surface area contributed by atoms with Gasteiger partial charge in [0, 0.05) is 6.61 Å². The second-order valence-corrected chi connectivity index (χ2v) is 9.94. The molecule has 1 aromatic rings. The molecule has 0 radical (unpaired) electrons. The van der Waals surface area contributed by atoms with Crippen LogP contribution in [0.4, 0.5) is 4.39 Å². The molecule has 1 amide bonds. The summed E-state index contributed by atoms with van der Waals surface area (Å²) < 4.78 is 28.7. The Morgan fingerprint density at radius 1 is 1.21 bits per heavy atom. The molecule has 1 aromatic heterocycles. The van der Waals surface area contributed by atoms with E-state index in [0.717, 1.165) is 19.3 Å². The second-order valence-electron chi connectivity index (χ2n) is 9.94. The fourth-order valence-corrected chi connectivity index (χ4v) is 5.09. The van der Waals surface area contributed by atoms with Crippen LogP contribution in [0, 0.1) is 18.8 Å². The maximum Gasteiger partial charge on any atom is 0.519 e. The first-order valence-electron chi connectivity index (χ1n) is 12.4. The molecule has 6 atom stereocenters. The lowest BCUT2D eigenvalue weighted by Crippen LogP contribution is -2.60. The monoisotopic (exact) mass is 486 g/mol. The third-order valence-corrected chi connectivity index (χ3v) is 7.18. The maximum absolute atomic E-state index is 13.6. The van der Waals surface area contributed by atoms with Gasteiger partial charge >= 0.3 is 5.82 Å². The Bertz CT molecular complexity index is 842. The number of ether oxygens (including phenoxy) is 1.